The molecule has 0 bridgehead atoms. The number of benzene rings is 2. The molecule has 3 atom stereocenters. The molecule has 0 spiro atoms. The summed E-state index contributed by atoms with van der Waals surface area (Å²) in [7, 11) is 3.65. The lowest BCUT2D eigenvalue weighted by Crippen LogP contribution is -2.57. The number of aliphatic hydroxyl groups excluding tert-OH is 2. The number of carbonyl (C=O) groups excluding carboxylic acids is 3. The van der Waals surface area contributed by atoms with Gasteiger partial charge >= 0.3 is 0 Å². The Kier molecular flexibility index (Phi) is 7.55. The number of carbonyl (C=O) groups is 3. The first-order valence-electron chi connectivity index (χ1n) is 14.1. The zero-order valence-electron chi connectivity index (χ0n) is 24.8. The normalized spacial score (nSPS) is 23.5. The van der Waals surface area contributed by atoms with Crippen LogP contribution < -0.4 is 16.0 Å². The molecule has 2 aromatic carbocycles. The topological polar surface area (TPSA) is 173 Å². The van der Waals surface area contributed by atoms with E-state index in [0.717, 1.165) is 10.5 Å². The SMILES string of the molecule is CN(C)c1cc(NCc2ccccc2SC(C)(C)C)c(O)c2c1C[C@H]1C[C@H]3CC(O)=C(C(N)=O)C(=O)[C@@]3(O)C(O)=C1C2=O. The number of primary amides is 1. The minimum Gasteiger partial charge on any atom is -0.511 e. The van der Waals surface area contributed by atoms with Gasteiger partial charge in [-0.25, -0.2) is 0 Å². The Morgan fingerprint density at radius 2 is 1.81 bits per heavy atom. The number of phenolic OH excluding ortho intramolecular Hbond substituents is 1. The van der Waals surface area contributed by atoms with Crippen molar-refractivity contribution in [3.63, 3.8) is 0 Å². The van der Waals surface area contributed by atoms with E-state index < -0.39 is 52.0 Å². The third-order valence-corrected chi connectivity index (χ3v) is 9.61. The van der Waals surface area contributed by atoms with Gasteiger partial charge in [0.15, 0.2) is 11.4 Å². The van der Waals surface area contributed by atoms with Crippen LogP contribution in [0.5, 0.6) is 5.75 Å². The van der Waals surface area contributed by atoms with Gasteiger partial charge in [0, 0.05) is 53.9 Å². The number of aliphatic hydroxyl groups is 3. The number of amides is 1. The number of nitrogens with zero attached hydrogens (tertiary/aromatic N) is 1. The molecule has 0 radical (unpaired) electrons. The first-order valence-corrected chi connectivity index (χ1v) is 14.9. The van der Waals surface area contributed by atoms with Crippen LogP contribution >= 0.6 is 11.8 Å². The number of Topliss-reactive ketones (excluding diaryl/α,β-unsaturated/α-hetero) is 2. The molecular weight excluding hydrogens is 570 g/mol. The van der Waals surface area contributed by atoms with Crippen LogP contribution in [0.4, 0.5) is 11.4 Å². The van der Waals surface area contributed by atoms with E-state index in [9.17, 15) is 34.8 Å². The standard InChI is InChI=1S/C32H37N3O7S/c1-31(2,3)43-22-9-7-6-8-15(22)14-34-19-13-20(35(4)5)18-11-16-10-17-12-21(36)25(30(33)41)29(40)32(17,42)28(39)23(16)27(38)24(18)26(19)37/h6-9,13,16-17,34,36-37,39,42H,10-12,14H2,1-5H3,(H2,33,41)/t16-,17+,32+/m1/s1. The van der Waals surface area contributed by atoms with Gasteiger partial charge in [0.25, 0.3) is 5.91 Å². The highest BCUT2D eigenvalue weighted by atomic mass is 32.2. The summed E-state index contributed by atoms with van der Waals surface area (Å²) in [6.45, 7) is 6.75. The molecule has 2 aromatic rings. The summed E-state index contributed by atoms with van der Waals surface area (Å²) in [6, 6.07) is 9.72. The van der Waals surface area contributed by atoms with E-state index in [0.29, 0.717) is 23.5 Å². The summed E-state index contributed by atoms with van der Waals surface area (Å²) in [5, 5.41) is 48.0. The molecule has 0 fully saturated rings. The number of fused-ring (bicyclic) bond motifs is 3. The highest BCUT2D eigenvalue weighted by Crippen LogP contribution is 2.53. The molecule has 7 N–H and O–H groups in total. The Morgan fingerprint density at radius 1 is 1.14 bits per heavy atom. The number of anilines is 2. The van der Waals surface area contributed by atoms with Gasteiger partial charge in [0.05, 0.1) is 11.3 Å². The van der Waals surface area contributed by atoms with Crippen molar-refractivity contribution in [2.24, 2.45) is 17.6 Å². The maximum Gasteiger partial charge on any atom is 0.255 e. The molecule has 228 valence electrons. The number of thioether (sulfide) groups is 1. The van der Waals surface area contributed by atoms with Crippen LogP contribution in [0.3, 0.4) is 0 Å². The Bertz CT molecular complexity index is 1620. The van der Waals surface area contributed by atoms with Crippen LogP contribution in [0.2, 0.25) is 0 Å². The fourth-order valence-electron chi connectivity index (χ4n) is 6.47. The number of hydrogen-bond donors (Lipinski definition) is 6. The second kappa shape index (κ2) is 10.6. The molecule has 0 aliphatic heterocycles. The van der Waals surface area contributed by atoms with Crippen molar-refractivity contribution in [2.75, 3.05) is 24.3 Å². The molecule has 11 heteroatoms. The van der Waals surface area contributed by atoms with E-state index in [4.69, 9.17) is 5.73 Å². The van der Waals surface area contributed by atoms with Gasteiger partial charge in [-0.15, -0.1) is 11.8 Å². The van der Waals surface area contributed by atoms with E-state index in [1.807, 2.05) is 43.3 Å². The molecule has 3 aliphatic rings. The molecule has 0 saturated heterocycles. The summed E-state index contributed by atoms with van der Waals surface area (Å²) in [5.41, 5.74) is 4.29. The molecule has 0 unspecified atom stereocenters. The van der Waals surface area contributed by atoms with Gasteiger partial charge in [0.1, 0.15) is 22.8 Å². The number of allylic oxidation sites excluding steroid dienone is 2. The van der Waals surface area contributed by atoms with Crippen molar-refractivity contribution in [2.45, 2.75) is 61.8 Å². The second-order valence-electron chi connectivity index (χ2n) is 12.6. The van der Waals surface area contributed by atoms with E-state index in [-0.39, 0.29) is 40.9 Å². The number of ketones is 2. The molecule has 0 aromatic heterocycles. The average Bonchev–Trinajstić information content (AvgIpc) is 2.89. The highest BCUT2D eigenvalue weighted by Gasteiger charge is 2.59. The third kappa shape index (κ3) is 5.04. The molecule has 43 heavy (non-hydrogen) atoms. The summed E-state index contributed by atoms with van der Waals surface area (Å²) >= 11 is 1.72. The van der Waals surface area contributed by atoms with Crippen molar-refractivity contribution in [1.82, 2.24) is 0 Å². The van der Waals surface area contributed by atoms with Crippen molar-refractivity contribution < 1.29 is 34.8 Å². The second-order valence-corrected chi connectivity index (χ2v) is 14.5. The average molecular weight is 608 g/mol. The lowest BCUT2D eigenvalue weighted by molar-refractivity contribution is -0.144. The van der Waals surface area contributed by atoms with Gasteiger partial charge in [-0.1, -0.05) is 39.0 Å². The van der Waals surface area contributed by atoms with Crippen molar-refractivity contribution in [1.29, 1.82) is 0 Å². The molecule has 10 nitrogen and oxygen atoms in total. The Balaban J connectivity index is 1.58. The highest BCUT2D eigenvalue weighted by molar-refractivity contribution is 8.00. The van der Waals surface area contributed by atoms with Gasteiger partial charge in [-0.3, -0.25) is 14.4 Å². The van der Waals surface area contributed by atoms with E-state index in [1.54, 1.807) is 17.8 Å². The predicted octanol–water partition coefficient (Wildman–Crippen LogP) is 4.15. The number of rotatable bonds is 6. The van der Waals surface area contributed by atoms with Crippen LogP contribution in [0.25, 0.3) is 0 Å². The zero-order chi connectivity index (χ0) is 31.6. The molecule has 0 saturated carbocycles. The van der Waals surface area contributed by atoms with Crippen LogP contribution in [0.15, 0.2) is 57.9 Å². The van der Waals surface area contributed by atoms with Crippen LogP contribution in [-0.2, 0) is 22.6 Å². The molecule has 5 rings (SSSR count). The monoisotopic (exact) mass is 607 g/mol. The third-order valence-electron chi connectivity index (χ3n) is 8.38. The Labute approximate surface area is 254 Å². The maximum atomic E-state index is 14.1. The number of nitrogens with one attached hydrogen (secondary N) is 1. The maximum absolute atomic E-state index is 14.1. The fraction of sp³-hybridized carbons (Fsp3) is 0.406. The predicted molar refractivity (Wildman–Crippen MR) is 165 cm³/mol. The number of hydrogen-bond acceptors (Lipinski definition) is 10. The van der Waals surface area contributed by atoms with E-state index in [1.165, 1.54) is 0 Å². The minimum atomic E-state index is -2.60. The molecular formula is C32H37N3O7S. The summed E-state index contributed by atoms with van der Waals surface area (Å²) in [5.74, 6) is -6.47. The first kappa shape index (κ1) is 30.5. The number of phenols is 1. The number of nitrogens with two attached hydrogens (primary N) is 1. The van der Waals surface area contributed by atoms with Crippen molar-refractivity contribution in [3.8, 4) is 5.75 Å². The smallest absolute Gasteiger partial charge is 0.255 e. The Hall–Kier alpha value is -3.96. The zero-order valence-corrected chi connectivity index (χ0v) is 25.6. The van der Waals surface area contributed by atoms with Gasteiger partial charge in [0.2, 0.25) is 5.78 Å². The van der Waals surface area contributed by atoms with Crippen molar-refractivity contribution in [3.05, 3.63) is 69.7 Å². The molecule has 1 amide bonds. The van der Waals surface area contributed by atoms with Crippen LogP contribution in [-0.4, -0.2) is 62.3 Å². The minimum absolute atomic E-state index is 0.0175. The van der Waals surface area contributed by atoms with Gasteiger partial charge < -0.3 is 36.4 Å². The van der Waals surface area contributed by atoms with E-state index >= 15 is 0 Å². The lowest BCUT2D eigenvalue weighted by Gasteiger charge is -2.46. The van der Waals surface area contributed by atoms with Crippen LogP contribution in [0, 0.1) is 11.8 Å². The van der Waals surface area contributed by atoms with E-state index in [2.05, 4.69) is 26.1 Å². The van der Waals surface area contributed by atoms with Gasteiger partial charge in [-0.2, -0.15) is 0 Å². The number of aromatic hydroxyl groups is 1. The van der Waals surface area contributed by atoms with Crippen molar-refractivity contribution >= 4 is 40.6 Å². The summed E-state index contributed by atoms with van der Waals surface area (Å²) < 4.78 is -0.0175. The fourth-order valence-corrected chi connectivity index (χ4v) is 7.55. The largest absolute Gasteiger partial charge is 0.511 e. The van der Waals surface area contributed by atoms with Gasteiger partial charge in [-0.05, 0) is 42.0 Å². The molecule has 3 aliphatic carbocycles. The first-order chi connectivity index (χ1) is 20.1. The lowest BCUT2D eigenvalue weighted by atomic mass is 9.60. The van der Waals surface area contributed by atoms with Crippen LogP contribution in [0.1, 0.15) is 55.1 Å². The molecule has 0 heterocycles. The summed E-state index contributed by atoms with van der Waals surface area (Å²) in [4.78, 5) is 42.2. The Morgan fingerprint density at radius 3 is 2.44 bits per heavy atom. The quantitative estimate of drug-likeness (QED) is 0.159. The summed E-state index contributed by atoms with van der Waals surface area (Å²) in [6.07, 6.45) is 0.0542.